The molecule has 1 unspecified atom stereocenters. The predicted molar refractivity (Wildman–Crippen MR) is 113 cm³/mol. The maximum Gasteiger partial charge on any atom is 0.226 e. The second kappa shape index (κ2) is 8.25. The number of rotatable bonds is 6. The highest BCUT2D eigenvalue weighted by Crippen LogP contribution is 2.25. The van der Waals surface area contributed by atoms with E-state index in [9.17, 15) is 4.79 Å². The molecule has 0 spiro atoms. The number of aromatic nitrogens is 2. The maximum absolute atomic E-state index is 12.4. The summed E-state index contributed by atoms with van der Waals surface area (Å²) in [6.45, 7) is 10.4. The SMILES string of the molecule is CC(CC(=O)Nc1cccc(N2CCCC2)c1)Nc1nc(C(C)(C)C)ns1. The molecule has 1 saturated heterocycles. The van der Waals surface area contributed by atoms with Crippen molar-refractivity contribution in [2.45, 2.75) is 58.4 Å². The van der Waals surface area contributed by atoms with E-state index >= 15 is 0 Å². The van der Waals surface area contributed by atoms with Crippen molar-refractivity contribution in [2.75, 3.05) is 28.6 Å². The van der Waals surface area contributed by atoms with Gasteiger partial charge in [0.05, 0.1) is 0 Å². The number of amides is 1. The lowest BCUT2D eigenvalue weighted by molar-refractivity contribution is -0.116. The van der Waals surface area contributed by atoms with Crippen LogP contribution >= 0.6 is 11.5 Å². The summed E-state index contributed by atoms with van der Waals surface area (Å²) >= 11 is 1.34. The van der Waals surface area contributed by atoms with Crippen LogP contribution in [-0.2, 0) is 10.2 Å². The van der Waals surface area contributed by atoms with Crippen molar-refractivity contribution >= 4 is 33.9 Å². The first-order valence-electron chi connectivity index (χ1n) is 9.57. The molecule has 6 nitrogen and oxygen atoms in total. The number of hydrogen-bond acceptors (Lipinski definition) is 6. The van der Waals surface area contributed by atoms with Gasteiger partial charge in [-0.3, -0.25) is 4.79 Å². The number of anilines is 3. The quantitative estimate of drug-likeness (QED) is 0.775. The number of nitrogens with one attached hydrogen (secondary N) is 2. The highest BCUT2D eigenvalue weighted by Gasteiger charge is 2.20. The summed E-state index contributed by atoms with van der Waals surface area (Å²) in [4.78, 5) is 19.3. The summed E-state index contributed by atoms with van der Waals surface area (Å²) in [5, 5.41) is 7.06. The topological polar surface area (TPSA) is 70.2 Å². The van der Waals surface area contributed by atoms with Gasteiger partial charge in [-0.25, -0.2) is 4.98 Å². The minimum absolute atomic E-state index is 0.00543. The first-order chi connectivity index (χ1) is 12.8. The Morgan fingerprint density at radius 1 is 1.30 bits per heavy atom. The van der Waals surface area contributed by atoms with Gasteiger partial charge in [0.1, 0.15) is 5.82 Å². The smallest absolute Gasteiger partial charge is 0.226 e. The third-order valence-corrected chi connectivity index (χ3v) is 5.21. The minimum atomic E-state index is -0.0720. The van der Waals surface area contributed by atoms with E-state index in [0.717, 1.165) is 29.7 Å². The lowest BCUT2D eigenvalue weighted by Gasteiger charge is -2.19. The van der Waals surface area contributed by atoms with Crippen LogP contribution in [-0.4, -0.2) is 34.4 Å². The summed E-state index contributed by atoms with van der Waals surface area (Å²) in [7, 11) is 0. The van der Waals surface area contributed by atoms with Gasteiger partial charge in [0, 0.05) is 53.9 Å². The van der Waals surface area contributed by atoms with Crippen LogP contribution < -0.4 is 15.5 Å². The van der Waals surface area contributed by atoms with Gasteiger partial charge in [-0.1, -0.05) is 26.8 Å². The molecule has 3 rings (SSSR count). The van der Waals surface area contributed by atoms with Gasteiger partial charge < -0.3 is 15.5 Å². The molecule has 1 aromatic heterocycles. The molecule has 2 aromatic rings. The van der Waals surface area contributed by atoms with Crippen LogP contribution in [0.15, 0.2) is 24.3 Å². The fraction of sp³-hybridized carbons (Fsp3) is 0.550. The predicted octanol–water partition coefficient (Wildman–Crippen LogP) is 4.27. The molecule has 1 fully saturated rings. The molecule has 2 N–H and O–H groups in total. The van der Waals surface area contributed by atoms with Crippen molar-refractivity contribution in [3.8, 4) is 0 Å². The number of nitrogens with zero attached hydrogens (tertiary/aromatic N) is 3. The summed E-state index contributed by atoms with van der Waals surface area (Å²) < 4.78 is 4.40. The monoisotopic (exact) mass is 387 g/mol. The highest BCUT2D eigenvalue weighted by molar-refractivity contribution is 7.09. The van der Waals surface area contributed by atoms with Gasteiger partial charge in [0.25, 0.3) is 0 Å². The highest BCUT2D eigenvalue weighted by atomic mass is 32.1. The summed E-state index contributed by atoms with van der Waals surface area (Å²) in [5.41, 5.74) is 1.96. The lowest BCUT2D eigenvalue weighted by atomic mass is 9.96. The van der Waals surface area contributed by atoms with Crippen LogP contribution in [0.2, 0.25) is 0 Å². The second-order valence-corrected chi connectivity index (χ2v) is 8.97. The van der Waals surface area contributed by atoms with E-state index in [1.165, 1.54) is 30.1 Å². The van der Waals surface area contributed by atoms with Crippen LogP contribution in [0.25, 0.3) is 0 Å². The number of carbonyl (C=O) groups excluding carboxylic acids is 1. The van der Waals surface area contributed by atoms with Gasteiger partial charge in [-0.15, -0.1) is 0 Å². The lowest BCUT2D eigenvalue weighted by Crippen LogP contribution is -2.24. The molecule has 2 heterocycles. The Labute approximate surface area is 165 Å². The molecule has 1 aliphatic rings. The molecular formula is C20H29N5OS. The van der Waals surface area contributed by atoms with Crippen molar-refractivity contribution in [2.24, 2.45) is 0 Å². The number of benzene rings is 1. The van der Waals surface area contributed by atoms with Crippen LogP contribution in [0.3, 0.4) is 0 Å². The van der Waals surface area contributed by atoms with E-state index in [0.29, 0.717) is 6.42 Å². The van der Waals surface area contributed by atoms with Gasteiger partial charge >= 0.3 is 0 Å². The van der Waals surface area contributed by atoms with E-state index in [2.05, 4.69) is 57.8 Å². The van der Waals surface area contributed by atoms with Crippen LogP contribution in [0.1, 0.15) is 52.8 Å². The van der Waals surface area contributed by atoms with Crippen LogP contribution in [0.4, 0.5) is 16.5 Å². The largest absolute Gasteiger partial charge is 0.371 e. The standard InChI is InChI=1S/C20H29N5OS/c1-14(21-19-23-18(24-27-19)20(2,3)4)12-17(26)22-15-8-7-9-16(13-15)25-10-5-6-11-25/h7-9,13-14H,5-6,10-12H2,1-4H3,(H,22,26)(H,21,23,24). The van der Waals surface area contributed by atoms with Crippen molar-refractivity contribution in [3.05, 3.63) is 30.1 Å². The Bertz CT molecular complexity index is 777. The maximum atomic E-state index is 12.4. The van der Waals surface area contributed by atoms with Gasteiger partial charge in [-0.05, 0) is 38.0 Å². The van der Waals surface area contributed by atoms with E-state index < -0.39 is 0 Å². The summed E-state index contributed by atoms with van der Waals surface area (Å²) in [6.07, 6.45) is 2.85. The third kappa shape index (κ3) is 5.42. The number of carbonyl (C=O) groups is 1. The van der Waals surface area contributed by atoms with Crippen LogP contribution in [0, 0.1) is 0 Å². The average molecular weight is 388 g/mol. The Morgan fingerprint density at radius 3 is 2.70 bits per heavy atom. The third-order valence-electron chi connectivity index (χ3n) is 4.56. The molecule has 27 heavy (non-hydrogen) atoms. The van der Waals surface area contributed by atoms with Gasteiger partial charge in [-0.2, -0.15) is 4.37 Å². The Morgan fingerprint density at radius 2 is 2.04 bits per heavy atom. The zero-order valence-corrected chi connectivity index (χ0v) is 17.4. The molecule has 0 saturated carbocycles. The summed E-state index contributed by atoms with van der Waals surface area (Å²) in [5.74, 6) is 0.819. The van der Waals surface area contributed by atoms with Crippen molar-refractivity contribution in [3.63, 3.8) is 0 Å². The zero-order chi connectivity index (χ0) is 19.4. The van der Waals surface area contributed by atoms with Crippen molar-refractivity contribution in [1.29, 1.82) is 0 Å². The fourth-order valence-electron chi connectivity index (χ4n) is 3.09. The normalized spacial score (nSPS) is 15.6. The average Bonchev–Trinajstić information content (AvgIpc) is 3.25. The molecule has 0 bridgehead atoms. The second-order valence-electron chi connectivity index (χ2n) is 8.22. The fourth-order valence-corrected chi connectivity index (χ4v) is 3.96. The molecule has 1 atom stereocenters. The molecular weight excluding hydrogens is 358 g/mol. The molecule has 0 radical (unpaired) electrons. The molecule has 1 aliphatic heterocycles. The van der Waals surface area contributed by atoms with Gasteiger partial charge in [0.15, 0.2) is 0 Å². The first-order valence-corrected chi connectivity index (χ1v) is 10.3. The number of hydrogen-bond donors (Lipinski definition) is 2. The molecule has 1 amide bonds. The zero-order valence-electron chi connectivity index (χ0n) is 16.6. The molecule has 1 aromatic carbocycles. The van der Waals surface area contributed by atoms with E-state index in [1.54, 1.807) is 0 Å². The first kappa shape index (κ1) is 19.6. The van der Waals surface area contributed by atoms with Crippen molar-refractivity contribution < 1.29 is 4.79 Å². The minimum Gasteiger partial charge on any atom is -0.371 e. The molecule has 0 aliphatic carbocycles. The summed E-state index contributed by atoms with van der Waals surface area (Å²) in [6, 6.07) is 8.08. The Kier molecular flexibility index (Phi) is 5.99. The Hall–Kier alpha value is -2.15. The van der Waals surface area contributed by atoms with E-state index in [-0.39, 0.29) is 17.4 Å². The van der Waals surface area contributed by atoms with Crippen LogP contribution in [0.5, 0.6) is 0 Å². The van der Waals surface area contributed by atoms with E-state index in [4.69, 9.17) is 0 Å². The van der Waals surface area contributed by atoms with Crippen molar-refractivity contribution in [1.82, 2.24) is 9.36 Å². The van der Waals surface area contributed by atoms with E-state index in [1.807, 2.05) is 19.1 Å². The molecule has 7 heteroatoms. The van der Waals surface area contributed by atoms with Gasteiger partial charge in [0.2, 0.25) is 11.0 Å². The Balaban J connectivity index is 1.53. The molecule has 146 valence electrons.